The van der Waals surface area contributed by atoms with Gasteiger partial charge >= 0.3 is 0 Å². The van der Waals surface area contributed by atoms with E-state index >= 15 is 0 Å². The van der Waals surface area contributed by atoms with E-state index in [2.05, 4.69) is 35.3 Å². The molecule has 0 fully saturated rings. The summed E-state index contributed by atoms with van der Waals surface area (Å²) in [7, 11) is 0. The summed E-state index contributed by atoms with van der Waals surface area (Å²) in [5, 5.41) is 0. The smallest absolute Gasteiger partial charge is 0.227 e. The maximum atomic E-state index is 5.94. The summed E-state index contributed by atoms with van der Waals surface area (Å²) in [4.78, 5) is 8.36. The molecule has 0 bridgehead atoms. The molecule has 0 amide bonds. The SMILES string of the molecule is CCCc1c(NN)ncnc1Oc1ccc(C)cc1C. The number of ether oxygens (including phenoxy) is 1. The molecule has 0 radical (unpaired) electrons. The Kier molecular flexibility index (Phi) is 4.53. The number of hydrogen-bond acceptors (Lipinski definition) is 5. The summed E-state index contributed by atoms with van der Waals surface area (Å²) in [6.07, 6.45) is 3.22. The van der Waals surface area contributed by atoms with E-state index in [4.69, 9.17) is 10.6 Å². The van der Waals surface area contributed by atoms with Crippen molar-refractivity contribution in [1.82, 2.24) is 9.97 Å². The predicted molar refractivity (Wildman–Crippen MR) is 79.8 cm³/mol. The molecule has 0 spiro atoms. The molecule has 2 aromatic rings. The van der Waals surface area contributed by atoms with Gasteiger partial charge in [-0.1, -0.05) is 31.0 Å². The minimum atomic E-state index is 0.557. The quantitative estimate of drug-likeness (QED) is 0.646. The predicted octanol–water partition coefficient (Wildman–Crippen LogP) is 3.12. The van der Waals surface area contributed by atoms with Crippen LogP contribution in [-0.4, -0.2) is 9.97 Å². The molecular formula is C15H20N4O. The third-order valence-electron chi connectivity index (χ3n) is 3.08. The number of nitrogens with one attached hydrogen (secondary N) is 1. The number of hydrazine groups is 1. The van der Waals surface area contributed by atoms with Crippen molar-refractivity contribution in [3.8, 4) is 11.6 Å². The maximum Gasteiger partial charge on any atom is 0.227 e. The lowest BCUT2D eigenvalue weighted by molar-refractivity contribution is 0.451. The standard InChI is InChI=1S/C15H20N4O/c1-4-5-12-14(19-16)17-9-18-15(12)20-13-7-6-10(2)8-11(13)3/h6-9H,4-5,16H2,1-3H3,(H,17,18,19). The van der Waals surface area contributed by atoms with Crippen molar-refractivity contribution >= 4 is 5.82 Å². The van der Waals surface area contributed by atoms with Gasteiger partial charge in [-0.25, -0.2) is 15.8 Å². The minimum Gasteiger partial charge on any atom is -0.438 e. The van der Waals surface area contributed by atoms with Crippen molar-refractivity contribution in [3.05, 3.63) is 41.2 Å². The van der Waals surface area contributed by atoms with Gasteiger partial charge in [-0.15, -0.1) is 0 Å². The van der Waals surface area contributed by atoms with Gasteiger partial charge in [0.05, 0.1) is 5.56 Å². The molecule has 0 aliphatic carbocycles. The first-order chi connectivity index (χ1) is 9.65. The van der Waals surface area contributed by atoms with Gasteiger partial charge in [0.25, 0.3) is 0 Å². The van der Waals surface area contributed by atoms with Gasteiger partial charge in [0.2, 0.25) is 5.88 Å². The number of aromatic nitrogens is 2. The van der Waals surface area contributed by atoms with Gasteiger partial charge in [-0.05, 0) is 31.9 Å². The van der Waals surface area contributed by atoms with Gasteiger partial charge in [-0.2, -0.15) is 0 Å². The van der Waals surface area contributed by atoms with Crippen LogP contribution in [-0.2, 0) is 6.42 Å². The zero-order valence-electron chi connectivity index (χ0n) is 12.1. The largest absolute Gasteiger partial charge is 0.438 e. The van der Waals surface area contributed by atoms with Crippen LogP contribution in [0.1, 0.15) is 30.0 Å². The summed E-state index contributed by atoms with van der Waals surface area (Å²) in [5.74, 6) is 7.47. The maximum absolute atomic E-state index is 5.94. The number of benzene rings is 1. The second-order valence-corrected chi connectivity index (χ2v) is 4.77. The van der Waals surface area contributed by atoms with Crippen LogP contribution in [0.3, 0.4) is 0 Å². The first-order valence-corrected chi connectivity index (χ1v) is 6.71. The number of rotatable bonds is 5. The summed E-state index contributed by atoms with van der Waals surface area (Å²) in [6.45, 7) is 6.17. The highest BCUT2D eigenvalue weighted by atomic mass is 16.5. The molecule has 0 saturated carbocycles. The lowest BCUT2D eigenvalue weighted by Crippen LogP contribution is -2.12. The Balaban J connectivity index is 2.37. The molecule has 0 atom stereocenters. The van der Waals surface area contributed by atoms with Gasteiger partial charge in [0, 0.05) is 0 Å². The van der Waals surface area contributed by atoms with Gasteiger partial charge in [0.1, 0.15) is 17.9 Å². The van der Waals surface area contributed by atoms with E-state index < -0.39 is 0 Å². The highest BCUT2D eigenvalue weighted by molar-refractivity contribution is 5.49. The Labute approximate surface area is 119 Å². The molecule has 0 aliphatic rings. The van der Waals surface area contributed by atoms with Gasteiger partial charge in [-0.3, -0.25) is 0 Å². The van der Waals surface area contributed by atoms with Crippen LogP contribution in [0.5, 0.6) is 11.6 Å². The molecule has 0 unspecified atom stereocenters. The molecule has 1 aromatic carbocycles. The highest BCUT2D eigenvalue weighted by Gasteiger charge is 2.13. The molecule has 1 aromatic heterocycles. The zero-order chi connectivity index (χ0) is 14.5. The van der Waals surface area contributed by atoms with Crippen molar-refractivity contribution in [3.63, 3.8) is 0 Å². The summed E-state index contributed by atoms with van der Waals surface area (Å²) in [6, 6.07) is 6.06. The zero-order valence-corrected chi connectivity index (χ0v) is 12.1. The van der Waals surface area contributed by atoms with Crippen molar-refractivity contribution < 1.29 is 4.74 Å². The molecule has 0 aliphatic heterocycles. The monoisotopic (exact) mass is 272 g/mol. The summed E-state index contributed by atoms with van der Waals surface area (Å²) in [5.41, 5.74) is 5.78. The third kappa shape index (κ3) is 3.05. The van der Waals surface area contributed by atoms with E-state index in [1.165, 1.54) is 11.9 Å². The molecule has 20 heavy (non-hydrogen) atoms. The summed E-state index contributed by atoms with van der Waals surface area (Å²) >= 11 is 0. The Morgan fingerprint density at radius 1 is 1.25 bits per heavy atom. The van der Waals surface area contributed by atoms with Crippen LogP contribution in [0, 0.1) is 13.8 Å². The fourth-order valence-corrected chi connectivity index (χ4v) is 2.10. The van der Waals surface area contributed by atoms with Gasteiger partial charge in [0.15, 0.2) is 0 Å². The van der Waals surface area contributed by atoms with Crippen molar-refractivity contribution in [1.29, 1.82) is 0 Å². The molecule has 0 saturated heterocycles. The molecule has 3 N–H and O–H groups in total. The lowest BCUT2D eigenvalue weighted by atomic mass is 10.1. The van der Waals surface area contributed by atoms with Crippen LogP contribution in [0.25, 0.3) is 0 Å². The minimum absolute atomic E-state index is 0.557. The lowest BCUT2D eigenvalue weighted by Gasteiger charge is -2.14. The van der Waals surface area contributed by atoms with Crippen LogP contribution in [0.15, 0.2) is 24.5 Å². The highest BCUT2D eigenvalue weighted by Crippen LogP contribution is 2.29. The fraction of sp³-hybridized carbons (Fsp3) is 0.333. The average molecular weight is 272 g/mol. The van der Waals surface area contributed by atoms with E-state index in [-0.39, 0.29) is 0 Å². The Morgan fingerprint density at radius 2 is 2.05 bits per heavy atom. The van der Waals surface area contributed by atoms with Crippen LogP contribution >= 0.6 is 0 Å². The fourth-order valence-electron chi connectivity index (χ4n) is 2.10. The number of hydrogen-bond donors (Lipinski definition) is 2. The number of nitrogen functional groups attached to an aromatic ring is 1. The van der Waals surface area contributed by atoms with Crippen molar-refractivity contribution in [2.24, 2.45) is 5.84 Å². The van der Waals surface area contributed by atoms with Crippen LogP contribution < -0.4 is 16.0 Å². The van der Waals surface area contributed by atoms with Crippen molar-refractivity contribution in [2.45, 2.75) is 33.6 Å². The molecule has 5 heteroatoms. The van der Waals surface area contributed by atoms with Gasteiger partial charge < -0.3 is 10.2 Å². The number of anilines is 1. The molecule has 106 valence electrons. The topological polar surface area (TPSA) is 73.1 Å². The first-order valence-electron chi connectivity index (χ1n) is 6.71. The third-order valence-corrected chi connectivity index (χ3v) is 3.08. The summed E-state index contributed by atoms with van der Waals surface area (Å²) < 4.78 is 5.94. The van der Waals surface area contributed by atoms with E-state index in [0.29, 0.717) is 11.7 Å². The Bertz CT molecular complexity index is 598. The second-order valence-electron chi connectivity index (χ2n) is 4.77. The van der Waals surface area contributed by atoms with E-state index in [1.807, 2.05) is 19.1 Å². The van der Waals surface area contributed by atoms with E-state index in [9.17, 15) is 0 Å². The van der Waals surface area contributed by atoms with E-state index in [0.717, 1.165) is 29.7 Å². The molecular weight excluding hydrogens is 252 g/mol. The number of nitrogens with zero attached hydrogens (tertiary/aromatic N) is 2. The van der Waals surface area contributed by atoms with Crippen LogP contribution in [0.4, 0.5) is 5.82 Å². The second kappa shape index (κ2) is 6.34. The molecule has 5 nitrogen and oxygen atoms in total. The van der Waals surface area contributed by atoms with Crippen LogP contribution in [0.2, 0.25) is 0 Å². The first kappa shape index (κ1) is 14.3. The molecule has 1 heterocycles. The number of nitrogens with two attached hydrogens (primary N) is 1. The normalized spacial score (nSPS) is 10.4. The molecule has 2 rings (SSSR count). The Hall–Kier alpha value is -2.14. The average Bonchev–Trinajstić information content (AvgIpc) is 2.43. The van der Waals surface area contributed by atoms with E-state index in [1.54, 1.807) is 0 Å². The Morgan fingerprint density at radius 3 is 2.70 bits per heavy atom. The van der Waals surface area contributed by atoms with Crippen molar-refractivity contribution in [2.75, 3.05) is 5.43 Å². The number of aryl methyl sites for hydroxylation is 2.